The van der Waals surface area contributed by atoms with Gasteiger partial charge in [0.2, 0.25) is 0 Å². The lowest BCUT2D eigenvalue weighted by Crippen LogP contribution is -2.31. The summed E-state index contributed by atoms with van der Waals surface area (Å²) in [6.45, 7) is -0.985. The van der Waals surface area contributed by atoms with Crippen LogP contribution in [0.1, 0.15) is 5.69 Å². The van der Waals surface area contributed by atoms with Crippen LogP contribution in [0.15, 0.2) is 23.0 Å². The molecule has 1 aromatic rings. The molecule has 0 spiro atoms. The quantitative estimate of drug-likeness (QED) is 0.802. The van der Waals surface area contributed by atoms with Crippen molar-refractivity contribution >= 4 is 5.78 Å². The van der Waals surface area contributed by atoms with E-state index in [4.69, 9.17) is 0 Å². The molecule has 0 fully saturated rings. The average molecular weight is 249 g/mol. The minimum Gasteiger partial charge on any atom is -0.377 e. The molecule has 0 radical (unpaired) electrons. The molecule has 94 valence electrons. The number of aromatic nitrogens is 1. The van der Waals surface area contributed by atoms with E-state index in [-0.39, 0.29) is 6.61 Å². The lowest BCUT2D eigenvalue weighted by atomic mass is 10.3. The second kappa shape index (κ2) is 5.13. The molecule has 4 nitrogen and oxygen atoms in total. The van der Waals surface area contributed by atoms with E-state index in [9.17, 15) is 22.8 Å². The number of ketones is 1. The van der Waals surface area contributed by atoms with Crippen LogP contribution < -0.4 is 5.56 Å². The Bertz CT molecular complexity index is 465. The van der Waals surface area contributed by atoms with Gasteiger partial charge in [0, 0.05) is 13.2 Å². The van der Waals surface area contributed by atoms with Crippen molar-refractivity contribution in [1.29, 1.82) is 0 Å². The van der Waals surface area contributed by atoms with Gasteiger partial charge in [0.1, 0.15) is 12.3 Å². The molecule has 17 heavy (non-hydrogen) atoms. The highest BCUT2D eigenvalue weighted by molar-refractivity contribution is 5.79. The molecule has 0 saturated heterocycles. The summed E-state index contributed by atoms with van der Waals surface area (Å²) in [5.74, 6) is -0.605. The molecule has 0 unspecified atom stereocenters. The second-order valence-electron chi connectivity index (χ2n) is 3.30. The molecule has 0 aliphatic rings. The van der Waals surface area contributed by atoms with E-state index in [1.807, 2.05) is 0 Å². The lowest BCUT2D eigenvalue weighted by molar-refractivity contribution is -0.144. The normalized spacial score (nSPS) is 11.5. The van der Waals surface area contributed by atoms with Gasteiger partial charge in [-0.3, -0.25) is 14.2 Å². The van der Waals surface area contributed by atoms with Crippen LogP contribution in [0.2, 0.25) is 0 Å². The number of halogens is 3. The molecule has 0 aliphatic heterocycles. The van der Waals surface area contributed by atoms with Crippen molar-refractivity contribution in [3.05, 3.63) is 34.2 Å². The number of carbonyl (C=O) groups excluding carboxylic acids is 1. The van der Waals surface area contributed by atoms with Crippen molar-refractivity contribution in [3.63, 3.8) is 0 Å². The smallest absolute Gasteiger partial charge is 0.377 e. The molecule has 7 heteroatoms. The molecular weight excluding hydrogens is 239 g/mol. The van der Waals surface area contributed by atoms with Crippen LogP contribution in [0.25, 0.3) is 0 Å². The largest absolute Gasteiger partial charge is 0.431 e. The van der Waals surface area contributed by atoms with E-state index in [1.165, 1.54) is 7.11 Å². The zero-order valence-corrected chi connectivity index (χ0v) is 8.95. The Morgan fingerprint density at radius 1 is 1.41 bits per heavy atom. The van der Waals surface area contributed by atoms with Crippen LogP contribution in [-0.2, 0) is 22.3 Å². The molecule has 0 amide bonds. The molecule has 1 aromatic heterocycles. The van der Waals surface area contributed by atoms with Gasteiger partial charge in [-0.25, -0.2) is 0 Å². The van der Waals surface area contributed by atoms with Crippen molar-refractivity contribution in [2.75, 3.05) is 13.7 Å². The number of nitrogens with zero attached hydrogens (tertiary/aromatic N) is 1. The Balaban J connectivity index is 3.13. The van der Waals surface area contributed by atoms with Gasteiger partial charge in [-0.1, -0.05) is 6.07 Å². The summed E-state index contributed by atoms with van der Waals surface area (Å²) in [6.07, 6.45) is -4.67. The number of hydrogen-bond donors (Lipinski definition) is 0. The number of carbonyl (C=O) groups is 1. The van der Waals surface area contributed by atoms with E-state index in [1.54, 1.807) is 0 Å². The fourth-order valence-corrected chi connectivity index (χ4v) is 1.31. The van der Waals surface area contributed by atoms with E-state index in [2.05, 4.69) is 4.74 Å². The van der Waals surface area contributed by atoms with Crippen molar-refractivity contribution in [3.8, 4) is 0 Å². The Hall–Kier alpha value is -1.63. The van der Waals surface area contributed by atoms with Gasteiger partial charge in [0.05, 0.1) is 6.54 Å². The maximum Gasteiger partial charge on any atom is 0.431 e. The van der Waals surface area contributed by atoms with E-state index in [0.717, 1.165) is 18.2 Å². The van der Waals surface area contributed by atoms with Gasteiger partial charge in [-0.05, 0) is 6.07 Å². The molecule has 0 saturated carbocycles. The van der Waals surface area contributed by atoms with Crippen LogP contribution in [0.4, 0.5) is 13.2 Å². The summed E-state index contributed by atoms with van der Waals surface area (Å²) in [5.41, 5.74) is -2.02. The number of methoxy groups -OCH3 is 1. The van der Waals surface area contributed by atoms with E-state index >= 15 is 0 Å². The first-order valence-electron chi connectivity index (χ1n) is 4.64. The van der Waals surface area contributed by atoms with Gasteiger partial charge in [0.25, 0.3) is 5.56 Å². The minimum atomic E-state index is -4.67. The topological polar surface area (TPSA) is 48.3 Å². The van der Waals surface area contributed by atoms with Gasteiger partial charge in [-0.2, -0.15) is 13.2 Å². The third kappa shape index (κ3) is 3.42. The predicted molar refractivity (Wildman–Crippen MR) is 52.6 cm³/mol. The number of alkyl halides is 3. The molecule has 0 N–H and O–H groups in total. The van der Waals surface area contributed by atoms with Crippen LogP contribution in [0, 0.1) is 0 Å². The predicted octanol–water partition coefficient (Wildman–Crippen LogP) is 1.08. The number of Topliss-reactive ketones (excluding diaryl/α,β-unsaturated/α-hetero) is 1. The second-order valence-corrected chi connectivity index (χ2v) is 3.30. The maximum atomic E-state index is 12.6. The Morgan fingerprint density at radius 2 is 2.06 bits per heavy atom. The number of ether oxygens (including phenoxy) is 1. The highest BCUT2D eigenvalue weighted by atomic mass is 19.4. The number of pyridine rings is 1. The molecular formula is C10H10F3NO3. The molecule has 0 aliphatic carbocycles. The van der Waals surface area contributed by atoms with Crippen LogP contribution in [0.3, 0.4) is 0 Å². The standard InChI is InChI=1S/C10H10F3NO3/c1-17-6-7(15)5-14-8(10(11,12)13)3-2-4-9(14)16/h2-4H,5-6H2,1H3. The zero-order chi connectivity index (χ0) is 13.1. The van der Waals surface area contributed by atoms with Gasteiger partial charge >= 0.3 is 6.18 Å². The molecule has 0 aromatic carbocycles. The van der Waals surface area contributed by atoms with Crippen molar-refractivity contribution < 1.29 is 22.7 Å². The average Bonchev–Trinajstić information content (AvgIpc) is 2.19. The first-order valence-corrected chi connectivity index (χ1v) is 4.64. The summed E-state index contributed by atoms with van der Waals surface area (Å²) in [5, 5.41) is 0. The monoisotopic (exact) mass is 249 g/mol. The highest BCUT2D eigenvalue weighted by Gasteiger charge is 2.34. The first kappa shape index (κ1) is 13.4. The summed E-state index contributed by atoms with van der Waals surface area (Å²) in [4.78, 5) is 22.5. The van der Waals surface area contributed by atoms with Crippen LogP contribution in [-0.4, -0.2) is 24.1 Å². The van der Waals surface area contributed by atoms with Crippen molar-refractivity contribution in [2.24, 2.45) is 0 Å². The number of hydrogen-bond acceptors (Lipinski definition) is 3. The molecule has 0 atom stereocenters. The fourth-order valence-electron chi connectivity index (χ4n) is 1.31. The Morgan fingerprint density at radius 3 is 2.59 bits per heavy atom. The van der Waals surface area contributed by atoms with E-state index < -0.39 is 29.8 Å². The van der Waals surface area contributed by atoms with Crippen molar-refractivity contribution in [1.82, 2.24) is 4.57 Å². The molecule has 1 rings (SSSR count). The summed E-state index contributed by atoms with van der Waals surface area (Å²) >= 11 is 0. The lowest BCUT2D eigenvalue weighted by Gasteiger charge is -2.13. The summed E-state index contributed by atoms with van der Waals surface area (Å²) in [7, 11) is 1.25. The van der Waals surface area contributed by atoms with Gasteiger partial charge in [-0.15, -0.1) is 0 Å². The van der Waals surface area contributed by atoms with Crippen LogP contribution >= 0.6 is 0 Å². The maximum absolute atomic E-state index is 12.6. The highest BCUT2D eigenvalue weighted by Crippen LogP contribution is 2.27. The Kier molecular flexibility index (Phi) is 4.06. The Labute approximate surface area is 94.6 Å². The third-order valence-electron chi connectivity index (χ3n) is 1.98. The van der Waals surface area contributed by atoms with Gasteiger partial charge in [0.15, 0.2) is 5.78 Å². The van der Waals surface area contributed by atoms with Crippen molar-refractivity contribution in [2.45, 2.75) is 12.7 Å². The van der Waals surface area contributed by atoms with Crippen LogP contribution in [0.5, 0.6) is 0 Å². The summed E-state index contributed by atoms with van der Waals surface area (Å²) in [6, 6.07) is 2.72. The third-order valence-corrected chi connectivity index (χ3v) is 1.98. The van der Waals surface area contributed by atoms with Gasteiger partial charge < -0.3 is 4.74 Å². The fraction of sp³-hybridized carbons (Fsp3) is 0.400. The summed E-state index contributed by atoms with van der Waals surface area (Å²) < 4.78 is 42.6. The number of rotatable bonds is 4. The zero-order valence-electron chi connectivity index (χ0n) is 8.95. The van der Waals surface area contributed by atoms with E-state index in [0.29, 0.717) is 4.57 Å². The molecule has 0 bridgehead atoms. The SMILES string of the molecule is COCC(=O)Cn1c(C(F)(F)F)cccc1=O. The molecule has 1 heterocycles. The minimum absolute atomic E-state index is 0.335. The first-order chi connectivity index (χ1) is 7.86.